The monoisotopic (exact) mass is 275 g/mol. The van der Waals surface area contributed by atoms with Crippen LogP contribution in [0.4, 0.5) is 0 Å². The van der Waals surface area contributed by atoms with Crippen molar-refractivity contribution in [2.45, 2.75) is 40.2 Å². The molecule has 0 aliphatic carbocycles. The second kappa shape index (κ2) is 8.12. The first kappa shape index (κ1) is 17.9. The molecule has 1 amide bonds. The smallest absolute Gasteiger partial charge is 0.307 e. The van der Waals surface area contributed by atoms with E-state index in [0.29, 0.717) is 6.61 Å². The van der Waals surface area contributed by atoms with Gasteiger partial charge >= 0.3 is 5.97 Å². The van der Waals surface area contributed by atoms with Crippen LogP contribution in [0.5, 0.6) is 0 Å². The van der Waals surface area contributed by atoms with Crippen molar-refractivity contribution in [1.29, 1.82) is 0 Å². The zero-order valence-electron chi connectivity index (χ0n) is 12.1. The summed E-state index contributed by atoms with van der Waals surface area (Å²) >= 11 is 0. The van der Waals surface area contributed by atoms with Gasteiger partial charge in [0.15, 0.2) is 0 Å². The van der Waals surface area contributed by atoms with E-state index < -0.39 is 17.4 Å². The Morgan fingerprint density at radius 1 is 1.32 bits per heavy atom. The number of amides is 1. The molecule has 0 saturated heterocycles. The number of aliphatic hydroxyl groups excluding tert-OH is 2. The summed E-state index contributed by atoms with van der Waals surface area (Å²) in [4.78, 5) is 22.8. The maximum absolute atomic E-state index is 11.6. The number of ether oxygens (including phenoxy) is 1. The maximum Gasteiger partial charge on any atom is 0.307 e. The lowest BCUT2D eigenvalue weighted by Crippen LogP contribution is -2.46. The fraction of sp³-hybridized carbons (Fsp3) is 0.846. The summed E-state index contributed by atoms with van der Waals surface area (Å²) in [5.74, 6) is -0.716. The molecule has 0 bridgehead atoms. The van der Waals surface area contributed by atoms with E-state index >= 15 is 0 Å². The van der Waals surface area contributed by atoms with Crippen LogP contribution in [-0.4, -0.2) is 48.0 Å². The molecule has 6 heteroatoms. The summed E-state index contributed by atoms with van der Waals surface area (Å²) in [6, 6.07) is 0. The van der Waals surface area contributed by atoms with Crippen LogP contribution in [0.2, 0.25) is 0 Å². The molecule has 112 valence electrons. The number of carbonyl (C=O) groups is 2. The van der Waals surface area contributed by atoms with E-state index in [9.17, 15) is 14.7 Å². The average Bonchev–Trinajstić information content (AvgIpc) is 2.35. The van der Waals surface area contributed by atoms with E-state index in [0.717, 1.165) is 0 Å². The molecule has 0 spiro atoms. The van der Waals surface area contributed by atoms with Crippen molar-refractivity contribution in [1.82, 2.24) is 5.32 Å². The lowest BCUT2D eigenvalue weighted by molar-refractivity contribution is -0.144. The Morgan fingerprint density at radius 3 is 2.37 bits per heavy atom. The van der Waals surface area contributed by atoms with Gasteiger partial charge in [0.2, 0.25) is 5.91 Å². The van der Waals surface area contributed by atoms with Crippen LogP contribution in [0.3, 0.4) is 0 Å². The zero-order chi connectivity index (χ0) is 15.1. The van der Waals surface area contributed by atoms with Crippen LogP contribution in [0.1, 0.15) is 34.1 Å². The number of rotatable bonds is 8. The largest absolute Gasteiger partial charge is 0.465 e. The molecule has 1 atom stereocenters. The Labute approximate surface area is 114 Å². The van der Waals surface area contributed by atoms with Crippen molar-refractivity contribution in [3.05, 3.63) is 0 Å². The highest BCUT2D eigenvalue weighted by Gasteiger charge is 2.32. The molecule has 19 heavy (non-hydrogen) atoms. The number of aliphatic hydroxyl groups is 2. The van der Waals surface area contributed by atoms with Gasteiger partial charge in [0.1, 0.15) is 6.10 Å². The molecule has 3 N–H and O–H groups in total. The predicted octanol–water partition coefficient (Wildman–Crippen LogP) is 0.0713. The molecule has 6 nitrogen and oxygen atoms in total. The highest BCUT2D eigenvalue weighted by atomic mass is 16.5. The van der Waals surface area contributed by atoms with Gasteiger partial charge in [-0.05, 0) is 5.92 Å². The molecule has 0 aromatic carbocycles. The SMILES string of the molecule is CC(C)COC(=O)CCNC(=O)[C@H](O)C(C)(C)CO. The minimum Gasteiger partial charge on any atom is -0.465 e. The molecular weight excluding hydrogens is 250 g/mol. The third-order valence-corrected chi connectivity index (χ3v) is 2.60. The standard InChI is InChI=1S/C13H25NO5/c1-9(2)7-19-10(16)5-6-14-12(18)11(17)13(3,4)8-15/h9,11,15,17H,5-8H2,1-4H3,(H,14,18)/t11-/m0/s1. The first-order chi connectivity index (χ1) is 8.70. The van der Waals surface area contributed by atoms with Gasteiger partial charge in [0, 0.05) is 12.0 Å². The zero-order valence-corrected chi connectivity index (χ0v) is 12.1. The summed E-state index contributed by atoms with van der Waals surface area (Å²) in [6.45, 7) is 7.17. The van der Waals surface area contributed by atoms with Crippen molar-refractivity contribution >= 4 is 11.9 Å². The minimum absolute atomic E-state index is 0.0603. The van der Waals surface area contributed by atoms with Gasteiger partial charge in [-0.2, -0.15) is 0 Å². The van der Waals surface area contributed by atoms with Crippen molar-refractivity contribution in [3.63, 3.8) is 0 Å². The van der Waals surface area contributed by atoms with Crippen molar-refractivity contribution in [3.8, 4) is 0 Å². The first-order valence-corrected chi connectivity index (χ1v) is 6.43. The van der Waals surface area contributed by atoms with Gasteiger partial charge in [0.05, 0.1) is 19.6 Å². The molecule has 0 radical (unpaired) electrons. The second-order valence-electron chi connectivity index (χ2n) is 5.67. The molecule has 0 aliphatic heterocycles. The number of carbonyl (C=O) groups excluding carboxylic acids is 2. The lowest BCUT2D eigenvalue weighted by atomic mass is 9.87. The molecule has 0 saturated carbocycles. The molecule has 0 aromatic rings. The van der Waals surface area contributed by atoms with Gasteiger partial charge in [-0.25, -0.2) is 0 Å². The molecule has 0 aromatic heterocycles. The molecule has 0 heterocycles. The highest BCUT2D eigenvalue weighted by Crippen LogP contribution is 2.19. The van der Waals surface area contributed by atoms with Gasteiger partial charge in [-0.3, -0.25) is 9.59 Å². The normalized spacial score (nSPS) is 13.2. The predicted molar refractivity (Wildman–Crippen MR) is 70.3 cm³/mol. The fourth-order valence-electron chi connectivity index (χ4n) is 1.16. The van der Waals surface area contributed by atoms with Gasteiger partial charge < -0.3 is 20.3 Å². The molecular formula is C13H25NO5. The van der Waals surface area contributed by atoms with Crippen LogP contribution in [0.15, 0.2) is 0 Å². The Morgan fingerprint density at radius 2 is 1.89 bits per heavy atom. The summed E-state index contributed by atoms with van der Waals surface area (Å²) in [7, 11) is 0. The van der Waals surface area contributed by atoms with E-state index in [1.165, 1.54) is 0 Å². The van der Waals surface area contributed by atoms with Crippen LogP contribution in [-0.2, 0) is 14.3 Å². The topological polar surface area (TPSA) is 95.9 Å². The van der Waals surface area contributed by atoms with Crippen molar-refractivity contribution in [2.75, 3.05) is 19.8 Å². The highest BCUT2D eigenvalue weighted by molar-refractivity contribution is 5.81. The Hall–Kier alpha value is -1.14. The van der Waals surface area contributed by atoms with Crippen molar-refractivity contribution in [2.24, 2.45) is 11.3 Å². The second-order valence-corrected chi connectivity index (χ2v) is 5.67. The Bertz CT molecular complexity index is 301. The fourth-order valence-corrected chi connectivity index (χ4v) is 1.16. The van der Waals surface area contributed by atoms with Crippen LogP contribution >= 0.6 is 0 Å². The van der Waals surface area contributed by atoms with Gasteiger partial charge in [-0.1, -0.05) is 27.7 Å². The van der Waals surface area contributed by atoms with E-state index in [1.807, 2.05) is 13.8 Å². The lowest BCUT2D eigenvalue weighted by Gasteiger charge is -2.27. The molecule has 0 aliphatic rings. The van der Waals surface area contributed by atoms with Crippen LogP contribution in [0, 0.1) is 11.3 Å². The summed E-state index contributed by atoms with van der Waals surface area (Å²) in [6.07, 6.45) is -1.26. The third kappa shape index (κ3) is 7.12. The number of esters is 1. The molecule has 0 fully saturated rings. The minimum atomic E-state index is -1.32. The molecule has 0 unspecified atom stereocenters. The summed E-state index contributed by atoms with van der Waals surface area (Å²) in [5.41, 5.74) is -0.914. The summed E-state index contributed by atoms with van der Waals surface area (Å²) in [5, 5.41) is 21.2. The van der Waals surface area contributed by atoms with E-state index in [4.69, 9.17) is 9.84 Å². The number of nitrogens with one attached hydrogen (secondary N) is 1. The molecule has 0 rings (SSSR count). The van der Waals surface area contributed by atoms with Crippen LogP contribution in [0.25, 0.3) is 0 Å². The van der Waals surface area contributed by atoms with E-state index in [-0.39, 0.29) is 31.5 Å². The van der Waals surface area contributed by atoms with E-state index in [1.54, 1.807) is 13.8 Å². The van der Waals surface area contributed by atoms with Gasteiger partial charge in [0.25, 0.3) is 0 Å². The Balaban J connectivity index is 3.95. The number of hydrogen-bond donors (Lipinski definition) is 3. The average molecular weight is 275 g/mol. The quantitative estimate of drug-likeness (QED) is 0.545. The first-order valence-electron chi connectivity index (χ1n) is 6.43. The Kier molecular flexibility index (Phi) is 7.63. The van der Waals surface area contributed by atoms with Crippen molar-refractivity contribution < 1.29 is 24.5 Å². The maximum atomic E-state index is 11.6. The van der Waals surface area contributed by atoms with E-state index in [2.05, 4.69) is 5.32 Å². The third-order valence-electron chi connectivity index (χ3n) is 2.60. The van der Waals surface area contributed by atoms with Gasteiger partial charge in [-0.15, -0.1) is 0 Å². The summed E-state index contributed by atoms with van der Waals surface area (Å²) < 4.78 is 4.94. The van der Waals surface area contributed by atoms with Crippen LogP contribution < -0.4 is 5.32 Å². The number of hydrogen-bond acceptors (Lipinski definition) is 5.